The van der Waals surface area contributed by atoms with Gasteiger partial charge in [-0.05, 0) is 39.0 Å². The number of halogens is 1. The van der Waals surface area contributed by atoms with Gasteiger partial charge in [-0.3, -0.25) is 15.6 Å². The van der Waals surface area contributed by atoms with E-state index >= 15 is 0 Å². The molecule has 0 spiro atoms. The fraction of sp³-hybridized carbons (Fsp3) is 0.500. The fourth-order valence-electron chi connectivity index (χ4n) is 2.56. The van der Waals surface area contributed by atoms with E-state index in [0.29, 0.717) is 0 Å². The van der Waals surface area contributed by atoms with Crippen molar-refractivity contribution in [2.45, 2.75) is 39.0 Å². The van der Waals surface area contributed by atoms with Crippen molar-refractivity contribution in [3.8, 4) is 5.75 Å². The molecular weight excluding hydrogens is 336 g/mol. The third kappa shape index (κ3) is 3.55. The SMILES string of the molecule is CC(C)Oc1ccc(Br)cc1C1NNC(C)C1C(=O)NN. The van der Waals surface area contributed by atoms with E-state index in [1.165, 1.54) is 0 Å². The van der Waals surface area contributed by atoms with Crippen LogP contribution in [0.15, 0.2) is 22.7 Å². The molecule has 1 amide bonds. The van der Waals surface area contributed by atoms with Gasteiger partial charge in [-0.2, -0.15) is 0 Å². The Morgan fingerprint density at radius 3 is 2.76 bits per heavy atom. The lowest BCUT2D eigenvalue weighted by Gasteiger charge is -2.23. The molecule has 0 saturated carbocycles. The molecule has 1 fully saturated rings. The number of carbonyl (C=O) groups is 1. The van der Waals surface area contributed by atoms with Crippen LogP contribution in [0.2, 0.25) is 0 Å². The van der Waals surface area contributed by atoms with Crippen molar-refractivity contribution in [2.75, 3.05) is 0 Å². The van der Waals surface area contributed by atoms with E-state index in [4.69, 9.17) is 10.6 Å². The minimum absolute atomic E-state index is 0.0376. The first kappa shape index (κ1) is 16.2. The molecule has 0 bridgehead atoms. The fourth-order valence-corrected chi connectivity index (χ4v) is 2.94. The van der Waals surface area contributed by atoms with Crippen molar-refractivity contribution in [2.24, 2.45) is 11.8 Å². The lowest BCUT2D eigenvalue weighted by molar-refractivity contribution is -0.125. The van der Waals surface area contributed by atoms with Crippen LogP contribution >= 0.6 is 15.9 Å². The highest BCUT2D eigenvalue weighted by molar-refractivity contribution is 9.10. The van der Waals surface area contributed by atoms with Crippen molar-refractivity contribution in [3.63, 3.8) is 0 Å². The standard InChI is InChI=1S/C14H21BrN4O2/c1-7(2)21-11-5-4-9(15)6-10(11)13-12(14(20)17-16)8(3)18-19-13/h4-8,12-13,18-19H,16H2,1-3H3,(H,17,20). The number of rotatable bonds is 4. The van der Waals surface area contributed by atoms with Gasteiger partial charge < -0.3 is 4.74 Å². The first-order valence-electron chi connectivity index (χ1n) is 6.91. The minimum Gasteiger partial charge on any atom is -0.491 e. The quantitative estimate of drug-likeness (QED) is 0.372. The molecule has 2 rings (SSSR count). The van der Waals surface area contributed by atoms with Crippen LogP contribution in [0.3, 0.4) is 0 Å². The average Bonchev–Trinajstić information content (AvgIpc) is 2.81. The van der Waals surface area contributed by atoms with Gasteiger partial charge in [-0.1, -0.05) is 15.9 Å². The number of benzene rings is 1. The van der Waals surface area contributed by atoms with Gasteiger partial charge in [-0.25, -0.2) is 11.3 Å². The van der Waals surface area contributed by atoms with Gasteiger partial charge in [0.2, 0.25) is 5.91 Å². The van der Waals surface area contributed by atoms with Gasteiger partial charge in [0.05, 0.1) is 18.1 Å². The summed E-state index contributed by atoms with van der Waals surface area (Å²) >= 11 is 3.47. The summed E-state index contributed by atoms with van der Waals surface area (Å²) in [4.78, 5) is 12.1. The molecule has 3 unspecified atom stereocenters. The maximum Gasteiger partial charge on any atom is 0.240 e. The summed E-state index contributed by atoms with van der Waals surface area (Å²) in [6.07, 6.45) is 0.0542. The molecule has 1 aliphatic heterocycles. The van der Waals surface area contributed by atoms with Crippen LogP contribution in [0, 0.1) is 5.92 Å². The summed E-state index contributed by atoms with van der Waals surface area (Å²) in [6.45, 7) is 5.88. The second-order valence-electron chi connectivity index (χ2n) is 5.44. The Bertz CT molecular complexity index is 524. The first-order chi connectivity index (χ1) is 9.93. The molecule has 0 aromatic heterocycles. The number of carbonyl (C=O) groups excluding carboxylic acids is 1. The van der Waals surface area contributed by atoms with Crippen LogP contribution < -0.4 is 26.9 Å². The van der Waals surface area contributed by atoms with E-state index in [9.17, 15) is 4.79 Å². The van der Waals surface area contributed by atoms with Gasteiger partial charge in [0.25, 0.3) is 0 Å². The predicted octanol–water partition coefficient (Wildman–Crippen LogP) is 1.38. The second-order valence-corrected chi connectivity index (χ2v) is 6.35. The third-order valence-electron chi connectivity index (χ3n) is 3.48. The number of hydrogen-bond acceptors (Lipinski definition) is 5. The Balaban J connectivity index is 2.39. The first-order valence-corrected chi connectivity index (χ1v) is 7.71. The van der Waals surface area contributed by atoms with Crippen molar-refractivity contribution in [1.29, 1.82) is 0 Å². The van der Waals surface area contributed by atoms with E-state index in [0.717, 1.165) is 15.8 Å². The molecule has 5 N–H and O–H groups in total. The Hall–Kier alpha value is -1.15. The Morgan fingerprint density at radius 2 is 2.14 bits per heavy atom. The molecular formula is C14H21BrN4O2. The van der Waals surface area contributed by atoms with Gasteiger partial charge in [0.15, 0.2) is 0 Å². The number of ether oxygens (including phenoxy) is 1. The van der Waals surface area contributed by atoms with Crippen LogP contribution in [0.25, 0.3) is 0 Å². The number of hydrogen-bond donors (Lipinski definition) is 4. The summed E-state index contributed by atoms with van der Waals surface area (Å²) in [5.41, 5.74) is 9.42. The maximum absolute atomic E-state index is 12.1. The highest BCUT2D eigenvalue weighted by atomic mass is 79.9. The third-order valence-corrected chi connectivity index (χ3v) is 3.97. The molecule has 6 nitrogen and oxygen atoms in total. The maximum atomic E-state index is 12.1. The number of nitrogens with one attached hydrogen (secondary N) is 3. The van der Waals surface area contributed by atoms with Gasteiger partial charge in [0, 0.05) is 16.1 Å². The smallest absolute Gasteiger partial charge is 0.240 e. The van der Waals surface area contributed by atoms with Gasteiger partial charge in [-0.15, -0.1) is 0 Å². The summed E-state index contributed by atoms with van der Waals surface area (Å²) in [5.74, 6) is 5.54. The largest absolute Gasteiger partial charge is 0.491 e. The molecule has 7 heteroatoms. The molecule has 1 aromatic carbocycles. The monoisotopic (exact) mass is 356 g/mol. The molecule has 1 aliphatic rings. The normalized spacial score (nSPS) is 25.1. The Labute approximate surface area is 132 Å². The van der Waals surface area contributed by atoms with Crippen molar-refractivity contribution >= 4 is 21.8 Å². The van der Waals surface area contributed by atoms with E-state index in [1.54, 1.807) is 0 Å². The highest BCUT2D eigenvalue weighted by Crippen LogP contribution is 2.36. The predicted molar refractivity (Wildman–Crippen MR) is 84.2 cm³/mol. The summed E-state index contributed by atoms with van der Waals surface area (Å²) in [5, 5.41) is 0. The zero-order chi connectivity index (χ0) is 15.6. The topological polar surface area (TPSA) is 88.4 Å². The number of nitrogens with two attached hydrogens (primary N) is 1. The Morgan fingerprint density at radius 1 is 1.43 bits per heavy atom. The second kappa shape index (κ2) is 6.74. The zero-order valence-electron chi connectivity index (χ0n) is 12.3. The van der Waals surface area contributed by atoms with Crippen LogP contribution in [-0.2, 0) is 4.79 Å². The Kier molecular flexibility index (Phi) is 5.21. The van der Waals surface area contributed by atoms with E-state index in [-0.39, 0.29) is 30.0 Å². The van der Waals surface area contributed by atoms with Crippen molar-refractivity contribution in [1.82, 2.24) is 16.3 Å². The van der Waals surface area contributed by atoms with E-state index in [1.807, 2.05) is 39.0 Å². The van der Waals surface area contributed by atoms with Gasteiger partial charge in [0.1, 0.15) is 5.75 Å². The van der Waals surface area contributed by atoms with Gasteiger partial charge >= 0.3 is 0 Å². The summed E-state index contributed by atoms with van der Waals surface area (Å²) < 4.78 is 6.79. The molecule has 21 heavy (non-hydrogen) atoms. The molecule has 0 aliphatic carbocycles. The molecule has 3 atom stereocenters. The molecule has 1 heterocycles. The van der Waals surface area contributed by atoms with Crippen molar-refractivity contribution in [3.05, 3.63) is 28.2 Å². The molecule has 0 radical (unpaired) electrons. The zero-order valence-corrected chi connectivity index (χ0v) is 13.9. The molecule has 1 saturated heterocycles. The summed E-state index contributed by atoms with van der Waals surface area (Å²) in [6, 6.07) is 5.54. The van der Waals surface area contributed by atoms with Crippen LogP contribution in [0.5, 0.6) is 5.75 Å². The lowest BCUT2D eigenvalue weighted by Crippen LogP contribution is -2.41. The van der Waals surface area contributed by atoms with Crippen molar-refractivity contribution < 1.29 is 9.53 Å². The minimum atomic E-state index is -0.321. The van der Waals surface area contributed by atoms with Crippen LogP contribution in [0.4, 0.5) is 0 Å². The van der Waals surface area contributed by atoms with Crippen LogP contribution in [-0.4, -0.2) is 18.1 Å². The van der Waals surface area contributed by atoms with E-state index < -0.39 is 0 Å². The lowest BCUT2D eigenvalue weighted by atomic mass is 9.89. The van der Waals surface area contributed by atoms with Crippen LogP contribution in [0.1, 0.15) is 32.4 Å². The molecule has 1 aromatic rings. The number of amides is 1. The van der Waals surface area contributed by atoms with E-state index in [2.05, 4.69) is 32.2 Å². The summed E-state index contributed by atoms with van der Waals surface area (Å²) in [7, 11) is 0. The average molecular weight is 357 g/mol. The highest BCUT2D eigenvalue weighted by Gasteiger charge is 2.40. The number of hydrazine groups is 2. The molecule has 116 valence electrons.